The van der Waals surface area contributed by atoms with Gasteiger partial charge in [-0.25, -0.2) is 0 Å². The number of carboxylic acids is 1. The van der Waals surface area contributed by atoms with Crippen molar-refractivity contribution in [1.29, 1.82) is 0 Å². The van der Waals surface area contributed by atoms with E-state index in [0.717, 1.165) is 33.5 Å². The maximum Gasteiger partial charge on any atom is 0.323 e. The standard InChI is InChI=1S/C22H22N2O4/c1-28-16-8-6-15(7-9-16)12-21(25)23-11-10-20-18(13-23)17-4-2-3-5-19(17)24(20)14-22(26)27/h2-9H,10-14H2,1H3,(H,26,27). The summed E-state index contributed by atoms with van der Waals surface area (Å²) in [6, 6.07) is 15.3. The highest BCUT2D eigenvalue weighted by atomic mass is 16.5. The van der Waals surface area contributed by atoms with Crippen molar-refractivity contribution in [2.24, 2.45) is 0 Å². The number of carbonyl (C=O) groups excluding carboxylic acids is 1. The molecule has 0 aliphatic carbocycles. The summed E-state index contributed by atoms with van der Waals surface area (Å²) in [5.74, 6) is -0.0162. The van der Waals surface area contributed by atoms with Gasteiger partial charge in [0.05, 0.1) is 13.5 Å². The maximum atomic E-state index is 12.8. The van der Waals surface area contributed by atoms with Crippen molar-refractivity contribution < 1.29 is 19.4 Å². The molecular formula is C22H22N2O4. The van der Waals surface area contributed by atoms with E-state index in [4.69, 9.17) is 4.74 Å². The zero-order valence-electron chi connectivity index (χ0n) is 15.7. The summed E-state index contributed by atoms with van der Waals surface area (Å²) in [6.45, 7) is 1.05. The van der Waals surface area contributed by atoms with Gasteiger partial charge in [-0.15, -0.1) is 0 Å². The van der Waals surface area contributed by atoms with E-state index < -0.39 is 5.97 Å². The van der Waals surface area contributed by atoms with Crippen molar-refractivity contribution in [1.82, 2.24) is 9.47 Å². The molecule has 0 saturated heterocycles. The van der Waals surface area contributed by atoms with Gasteiger partial charge in [0.2, 0.25) is 5.91 Å². The summed E-state index contributed by atoms with van der Waals surface area (Å²) in [7, 11) is 1.62. The Morgan fingerprint density at radius 2 is 1.86 bits per heavy atom. The average molecular weight is 378 g/mol. The molecule has 2 aromatic carbocycles. The molecule has 1 aromatic heterocycles. The summed E-state index contributed by atoms with van der Waals surface area (Å²) in [5.41, 5.74) is 3.95. The number of aliphatic carboxylic acids is 1. The number of hydrogen-bond donors (Lipinski definition) is 1. The fourth-order valence-corrected chi connectivity index (χ4v) is 3.96. The van der Waals surface area contributed by atoms with Crippen LogP contribution in [-0.2, 0) is 35.5 Å². The number of para-hydroxylation sites is 1. The number of benzene rings is 2. The number of ether oxygens (including phenoxy) is 1. The van der Waals surface area contributed by atoms with Gasteiger partial charge < -0.3 is 19.3 Å². The lowest BCUT2D eigenvalue weighted by Crippen LogP contribution is -2.37. The highest BCUT2D eigenvalue weighted by molar-refractivity contribution is 5.88. The summed E-state index contributed by atoms with van der Waals surface area (Å²) >= 11 is 0. The molecular weight excluding hydrogens is 356 g/mol. The zero-order chi connectivity index (χ0) is 19.7. The number of methoxy groups -OCH3 is 1. The first-order valence-electron chi connectivity index (χ1n) is 9.28. The number of fused-ring (bicyclic) bond motifs is 3. The molecule has 0 atom stereocenters. The van der Waals surface area contributed by atoms with Gasteiger partial charge in [0.15, 0.2) is 0 Å². The molecule has 6 nitrogen and oxygen atoms in total. The van der Waals surface area contributed by atoms with Crippen molar-refractivity contribution in [3.63, 3.8) is 0 Å². The van der Waals surface area contributed by atoms with Crippen LogP contribution in [0.2, 0.25) is 0 Å². The quantitative estimate of drug-likeness (QED) is 0.741. The third-order valence-electron chi connectivity index (χ3n) is 5.32. The minimum absolute atomic E-state index is 0.0599. The van der Waals surface area contributed by atoms with Crippen molar-refractivity contribution in [3.05, 3.63) is 65.4 Å². The Morgan fingerprint density at radius 3 is 2.57 bits per heavy atom. The normalized spacial score (nSPS) is 13.4. The van der Waals surface area contributed by atoms with E-state index >= 15 is 0 Å². The van der Waals surface area contributed by atoms with Gasteiger partial charge in [0, 0.05) is 41.7 Å². The zero-order valence-corrected chi connectivity index (χ0v) is 15.7. The van der Waals surface area contributed by atoms with Crippen LogP contribution in [0.1, 0.15) is 16.8 Å². The smallest absolute Gasteiger partial charge is 0.323 e. The Labute approximate surface area is 162 Å². The minimum Gasteiger partial charge on any atom is -0.497 e. The molecule has 28 heavy (non-hydrogen) atoms. The molecule has 0 spiro atoms. The van der Waals surface area contributed by atoms with Crippen molar-refractivity contribution in [2.75, 3.05) is 13.7 Å². The highest BCUT2D eigenvalue weighted by Crippen LogP contribution is 2.31. The average Bonchev–Trinajstić information content (AvgIpc) is 3.01. The van der Waals surface area contributed by atoms with Crippen molar-refractivity contribution in [3.8, 4) is 5.75 Å². The van der Waals surface area contributed by atoms with Gasteiger partial charge in [0.1, 0.15) is 12.3 Å². The number of nitrogens with zero attached hydrogens (tertiary/aromatic N) is 2. The minimum atomic E-state index is -0.860. The van der Waals surface area contributed by atoms with E-state index in [1.54, 1.807) is 7.11 Å². The Kier molecular flexibility index (Phi) is 4.77. The van der Waals surface area contributed by atoms with E-state index in [1.165, 1.54) is 0 Å². The van der Waals surface area contributed by atoms with Crippen LogP contribution in [0.3, 0.4) is 0 Å². The number of hydrogen-bond acceptors (Lipinski definition) is 3. The molecule has 0 unspecified atom stereocenters. The second-order valence-electron chi connectivity index (χ2n) is 7.01. The summed E-state index contributed by atoms with van der Waals surface area (Å²) in [5, 5.41) is 10.3. The molecule has 1 amide bonds. The Hall–Kier alpha value is -3.28. The lowest BCUT2D eigenvalue weighted by Gasteiger charge is -2.28. The molecule has 0 fully saturated rings. The highest BCUT2D eigenvalue weighted by Gasteiger charge is 2.27. The Morgan fingerprint density at radius 1 is 1.11 bits per heavy atom. The molecule has 6 heteroatoms. The molecule has 2 heterocycles. The Bertz CT molecular complexity index is 1040. The predicted molar refractivity (Wildman–Crippen MR) is 105 cm³/mol. The fourth-order valence-electron chi connectivity index (χ4n) is 3.96. The molecule has 4 rings (SSSR count). The van der Waals surface area contributed by atoms with Crippen LogP contribution in [0, 0.1) is 0 Å². The summed E-state index contributed by atoms with van der Waals surface area (Å²) in [6.07, 6.45) is 0.999. The summed E-state index contributed by atoms with van der Waals surface area (Å²) < 4.78 is 7.03. The third-order valence-corrected chi connectivity index (χ3v) is 5.32. The van der Waals surface area contributed by atoms with E-state index in [0.29, 0.717) is 25.9 Å². The van der Waals surface area contributed by atoms with Gasteiger partial charge in [-0.05, 0) is 23.8 Å². The number of rotatable bonds is 5. The number of carbonyl (C=O) groups is 2. The van der Waals surface area contributed by atoms with Gasteiger partial charge in [-0.3, -0.25) is 9.59 Å². The lowest BCUT2D eigenvalue weighted by atomic mass is 10.0. The summed E-state index contributed by atoms with van der Waals surface area (Å²) in [4.78, 5) is 26.0. The topological polar surface area (TPSA) is 71.8 Å². The van der Waals surface area contributed by atoms with Crippen LogP contribution in [0.25, 0.3) is 10.9 Å². The van der Waals surface area contributed by atoms with Gasteiger partial charge >= 0.3 is 5.97 Å². The van der Waals surface area contributed by atoms with Gasteiger partial charge in [-0.1, -0.05) is 30.3 Å². The fraction of sp³-hybridized carbons (Fsp3) is 0.273. The molecule has 0 saturated carbocycles. The van der Waals surface area contributed by atoms with E-state index in [2.05, 4.69) is 0 Å². The number of carboxylic acid groups (broad SMARTS) is 1. The second-order valence-corrected chi connectivity index (χ2v) is 7.01. The lowest BCUT2D eigenvalue weighted by molar-refractivity contribution is -0.137. The van der Waals surface area contributed by atoms with Crippen LogP contribution in [0.5, 0.6) is 5.75 Å². The molecule has 0 radical (unpaired) electrons. The molecule has 0 bridgehead atoms. The van der Waals surface area contributed by atoms with Gasteiger partial charge in [0.25, 0.3) is 0 Å². The molecule has 1 aliphatic heterocycles. The monoisotopic (exact) mass is 378 g/mol. The second kappa shape index (κ2) is 7.38. The van der Waals surface area contributed by atoms with Crippen molar-refractivity contribution in [2.45, 2.75) is 25.9 Å². The predicted octanol–water partition coefficient (Wildman–Crippen LogP) is 2.86. The maximum absolute atomic E-state index is 12.8. The van der Waals surface area contributed by atoms with Crippen LogP contribution in [0.4, 0.5) is 0 Å². The SMILES string of the molecule is COc1ccc(CC(=O)N2CCc3c(c4ccccc4n3CC(=O)O)C2)cc1. The van der Waals surface area contributed by atoms with Crippen LogP contribution < -0.4 is 4.74 Å². The first-order valence-corrected chi connectivity index (χ1v) is 9.28. The first-order chi connectivity index (χ1) is 13.6. The molecule has 1 N–H and O–H groups in total. The largest absolute Gasteiger partial charge is 0.497 e. The van der Waals surface area contributed by atoms with Gasteiger partial charge in [-0.2, -0.15) is 0 Å². The number of aromatic nitrogens is 1. The van der Waals surface area contributed by atoms with E-state index in [9.17, 15) is 14.7 Å². The molecule has 3 aromatic rings. The molecule has 1 aliphatic rings. The molecule has 144 valence electrons. The Balaban J connectivity index is 1.58. The van der Waals surface area contributed by atoms with E-state index in [1.807, 2.05) is 58.0 Å². The number of amides is 1. The van der Waals surface area contributed by atoms with E-state index in [-0.39, 0.29) is 12.5 Å². The third kappa shape index (κ3) is 3.33. The van der Waals surface area contributed by atoms with Crippen LogP contribution in [0.15, 0.2) is 48.5 Å². The van der Waals surface area contributed by atoms with Crippen LogP contribution in [-0.4, -0.2) is 40.1 Å². The van der Waals surface area contributed by atoms with Crippen LogP contribution >= 0.6 is 0 Å². The van der Waals surface area contributed by atoms with Crippen molar-refractivity contribution >= 4 is 22.8 Å². The first kappa shape index (κ1) is 18.1.